The normalized spacial score (nSPS) is 10.2. The van der Waals surface area contributed by atoms with Crippen LogP contribution >= 0.6 is 0 Å². The largest absolute Gasteiger partial charge is 0.398 e. The molecule has 0 spiro atoms. The summed E-state index contributed by atoms with van der Waals surface area (Å²) >= 11 is 0. The van der Waals surface area contributed by atoms with Gasteiger partial charge in [-0.1, -0.05) is 11.6 Å². The number of nitrogens with two attached hydrogens (primary N) is 1. The topological polar surface area (TPSA) is 41.8 Å². The van der Waals surface area contributed by atoms with Crippen LogP contribution in [0.4, 0.5) is 5.69 Å². The number of anilines is 1. The number of nitrogen functional groups attached to an aromatic ring is 1. The summed E-state index contributed by atoms with van der Waals surface area (Å²) < 4.78 is 0. The highest BCUT2D eigenvalue weighted by atomic mass is 14.7. The van der Waals surface area contributed by atoms with E-state index in [1.807, 2.05) is 30.5 Å². The van der Waals surface area contributed by atoms with Crippen LogP contribution in [0.1, 0.15) is 5.56 Å². The van der Waals surface area contributed by atoms with Crippen molar-refractivity contribution in [2.75, 3.05) is 5.73 Å². The number of rotatable bonds is 1. The molecule has 0 aliphatic heterocycles. The minimum absolute atomic E-state index is 0.813. The van der Waals surface area contributed by atoms with Crippen LogP contribution in [0, 0.1) is 6.92 Å². The molecule has 0 aliphatic carbocycles. The molecule has 0 atom stereocenters. The van der Waals surface area contributed by atoms with Crippen LogP contribution in [0.3, 0.4) is 0 Å². The molecule has 0 bridgehead atoms. The molecule has 0 unspecified atom stereocenters. The third-order valence-electron chi connectivity index (χ3n) is 2.10. The third kappa shape index (κ3) is 1.43. The van der Waals surface area contributed by atoms with Gasteiger partial charge in [0, 0.05) is 23.1 Å². The quantitative estimate of drug-likeness (QED) is 0.638. The lowest BCUT2D eigenvalue weighted by atomic mass is 10.1. The zero-order chi connectivity index (χ0) is 9.26. The Morgan fingerprint density at radius 2 is 2.08 bits per heavy atom. The lowest BCUT2D eigenvalue weighted by Gasteiger charge is -2.04. The second-order valence-electron chi connectivity index (χ2n) is 3.17. The highest BCUT2D eigenvalue weighted by Gasteiger charge is 2.02. The minimum atomic E-state index is 0.813. The second kappa shape index (κ2) is 2.98. The molecule has 0 amide bonds. The molecule has 1 aromatic heterocycles. The Kier molecular flexibility index (Phi) is 1.81. The molecule has 13 heavy (non-hydrogen) atoms. The van der Waals surface area contributed by atoms with E-state index >= 15 is 0 Å². The van der Waals surface area contributed by atoms with Crippen LogP contribution in [0.5, 0.6) is 0 Å². The van der Waals surface area contributed by atoms with E-state index in [4.69, 9.17) is 5.73 Å². The van der Waals surface area contributed by atoms with Crippen LogP contribution in [0.15, 0.2) is 36.5 Å². The first-order chi connectivity index (χ1) is 6.27. The highest BCUT2D eigenvalue weighted by Crippen LogP contribution is 2.24. The van der Waals surface area contributed by atoms with Crippen molar-refractivity contribution in [1.82, 2.24) is 4.98 Å². The molecular weight excluding hydrogens is 160 g/mol. The molecule has 2 heteroatoms. The van der Waals surface area contributed by atoms with Crippen LogP contribution in [0.2, 0.25) is 0 Å². The first kappa shape index (κ1) is 7.92. The van der Waals surface area contributed by atoms with Crippen molar-refractivity contribution in [1.29, 1.82) is 0 Å². The van der Waals surface area contributed by atoms with Gasteiger partial charge in [-0.25, -0.2) is 0 Å². The van der Waals surface area contributed by atoms with Gasteiger partial charge in [0.15, 0.2) is 0 Å². The molecule has 0 saturated heterocycles. The standard InChI is InChI=1S/C11H12N2/c1-8-4-5-10(12)9(7-8)11-3-2-6-13-11/h2-7,13H,12H2,1H3. The van der Waals surface area contributed by atoms with E-state index in [0.717, 1.165) is 16.9 Å². The van der Waals surface area contributed by atoms with Gasteiger partial charge in [0.1, 0.15) is 0 Å². The van der Waals surface area contributed by atoms with E-state index in [2.05, 4.69) is 18.0 Å². The summed E-state index contributed by atoms with van der Waals surface area (Å²) in [5, 5.41) is 0. The molecule has 0 fully saturated rings. The van der Waals surface area contributed by atoms with Crippen molar-refractivity contribution < 1.29 is 0 Å². The van der Waals surface area contributed by atoms with Crippen molar-refractivity contribution in [3.63, 3.8) is 0 Å². The van der Waals surface area contributed by atoms with Gasteiger partial charge in [-0.3, -0.25) is 0 Å². The van der Waals surface area contributed by atoms with Gasteiger partial charge in [-0.05, 0) is 31.2 Å². The lowest BCUT2D eigenvalue weighted by Crippen LogP contribution is -1.90. The number of hydrogen-bond acceptors (Lipinski definition) is 1. The van der Waals surface area contributed by atoms with Gasteiger partial charge in [-0.2, -0.15) is 0 Å². The summed E-state index contributed by atoms with van der Waals surface area (Å²) in [7, 11) is 0. The van der Waals surface area contributed by atoms with Gasteiger partial charge in [0.2, 0.25) is 0 Å². The molecule has 3 N–H and O–H groups in total. The van der Waals surface area contributed by atoms with Gasteiger partial charge in [-0.15, -0.1) is 0 Å². The Morgan fingerprint density at radius 3 is 2.77 bits per heavy atom. The number of aromatic nitrogens is 1. The van der Waals surface area contributed by atoms with Crippen molar-refractivity contribution >= 4 is 5.69 Å². The summed E-state index contributed by atoms with van der Waals surface area (Å²) in [6.45, 7) is 2.06. The molecule has 66 valence electrons. The number of benzene rings is 1. The monoisotopic (exact) mass is 172 g/mol. The molecular formula is C11H12N2. The molecule has 1 heterocycles. The van der Waals surface area contributed by atoms with Crippen LogP contribution < -0.4 is 5.73 Å². The summed E-state index contributed by atoms with van der Waals surface area (Å²) in [5.74, 6) is 0. The highest BCUT2D eigenvalue weighted by molar-refractivity contribution is 5.74. The fraction of sp³-hybridized carbons (Fsp3) is 0.0909. The number of aryl methyl sites for hydroxylation is 1. The average Bonchev–Trinajstić information content (AvgIpc) is 2.61. The van der Waals surface area contributed by atoms with Crippen LogP contribution in [0.25, 0.3) is 11.3 Å². The van der Waals surface area contributed by atoms with E-state index in [0.29, 0.717) is 0 Å². The Hall–Kier alpha value is -1.70. The summed E-state index contributed by atoms with van der Waals surface area (Å²) in [5.41, 5.74) is 10.0. The molecule has 2 nitrogen and oxygen atoms in total. The molecule has 0 radical (unpaired) electrons. The van der Waals surface area contributed by atoms with E-state index in [-0.39, 0.29) is 0 Å². The summed E-state index contributed by atoms with van der Waals surface area (Å²) in [4.78, 5) is 3.14. The van der Waals surface area contributed by atoms with Crippen molar-refractivity contribution in [2.45, 2.75) is 6.92 Å². The Balaban J connectivity index is 2.57. The van der Waals surface area contributed by atoms with E-state index in [9.17, 15) is 0 Å². The predicted octanol–water partition coefficient (Wildman–Crippen LogP) is 2.57. The lowest BCUT2D eigenvalue weighted by molar-refractivity contribution is 1.38. The molecule has 2 aromatic rings. The number of hydrogen-bond donors (Lipinski definition) is 2. The van der Waals surface area contributed by atoms with Gasteiger partial charge >= 0.3 is 0 Å². The fourth-order valence-corrected chi connectivity index (χ4v) is 1.40. The third-order valence-corrected chi connectivity index (χ3v) is 2.10. The maximum absolute atomic E-state index is 5.86. The molecule has 2 rings (SSSR count). The number of nitrogens with one attached hydrogen (secondary N) is 1. The van der Waals surface area contributed by atoms with Gasteiger partial charge in [0.05, 0.1) is 0 Å². The molecule has 0 aliphatic rings. The predicted molar refractivity (Wildman–Crippen MR) is 55.4 cm³/mol. The molecule has 0 saturated carbocycles. The second-order valence-corrected chi connectivity index (χ2v) is 3.17. The van der Waals surface area contributed by atoms with E-state index < -0.39 is 0 Å². The Labute approximate surface area is 77.4 Å². The SMILES string of the molecule is Cc1ccc(N)c(-c2ccc[nH]2)c1. The Bertz CT molecular complexity index is 402. The first-order valence-corrected chi connectivity index (χ1v) is 4.27. The minimum Gasteiger partial charge on any atom is -0.398 e. The van der Waals surface area contributed by atoms with E-state index in [1.54, 1.807) is 0 Å². The maximum Gasteiger partial charge on any atom is 0.0474 e. The van der Waals surface area contributed by atoms with Crippen molar-refractivity contribution in [2.24, 2.45) is 0 Å². The average molecular weight is 172 g/mol. The fourth-order valence-electron chi connectivity index (χ4n) is 1.40. The number of H-pyrrole nitrogens is 1. The maximum atomic E-state index is 5.86. The summed E-state index contributed by atoms with van der Waals surface area (Å²) in [6.07, 6.45) is 1.90. The van der Waals surface area contributed by atoms with E-state index in [1.165, 1.54) is 5.56 Å². The smallest absolute Gasteiger partial charge is 0.0474 e. The van der Waals surface area contributed by atoms with Gasteiger partial charge < -0.3 is 10.7 Å². The van der Waals surface area contributed by atoms with Gasteiger partial charge in [0.25, 0.3) is 0 Å². The van der Waals surface area contributed by atoms with Crippen LogP contribution in [-0.2, 0) is 0 Å². The zero-order valence-electron chi connectivity index (χ0n) is 7.54. The Morgan fingerprint density at radius 1 is 1.23 bits per heavy atom. The number of aromatic amines is 1. The first-order valence-electron chi connectivity index (χ1n) is 4.27. The summed E-state index contributed by atoms with van der Waals surface area (Å²) in [6, 6.07) is 10.0. The van der Waals surface area contributed by atoms with Crippen molar-refractivity contribution in [3.05, 3.63) is 42.1 Å². The van der Waals surface area contributed by atoms with Crippen molar-refractivity contribution in [3.8, 4) is 11.3 Å². The molecule has 1 aromatic carbocycles. The van der Waals surface area contributed by atoms with Crippen LogP contribution in [-0.4, -0.2) is 4.98 Å². The zero-order valence-corrected chi connectivity index (χ0v) is 7.54.